The highest BCUT2D eigenvalue weighted by Gasteiger charge is 2.16. The van der Waals surface area contributed by atoms with E-state index in [1.54, 1.807) is 10.4 Å². The summed E-state index contributed by atoms with van der Waals surface area (Å²) in [7, 11) is 0. The lowest BCUT2D eigenvalue weighted by molar-refractivity contribution is 0.506. The van der Waals surface area contributed by atoms with Crippen LogP contribution in [-0.2, 0) is 12.8 Å². The van der Waals surface area contributed by atoms with Crippen molar-refractivity contribution in [2.45, 2.75) is 60.8 Å². The Morgan fingerprint density at radius 3 is 2.40 bits per heavy atom. The molecule has 1 aromatic rings. The maximum Gasteiger partial charge on any atom is 0.00802 e. The lowest BCUT2D eigenvalue weighted by atomic mass is 9.90. The zero-order chi connectivity index (χ0) is 11.8. The minimum atomic E-state index is 0.913. The van der Waals surface area contributed by atoms with Crippen LogP contribution in [0.25, 0.3) is 0 Å². The van der Waals surface area contributed by atoms with E-state index in [1.165, 1.54) is 24.1 Å². The number of thiophene rings is 1. The van der Waals surface area contributed by atoms with Gasteiger partial charge in [-0.3, -0.25) is 0 Å². The first-order chi connectivity index (χ1) is 7.25. The molecule has 1 aliphatic rings. The standard InChI is InChI=1S/C10H14S.2C2H6/c1-7-3-4-10-9(5-7)6-8(2)11-10;2*1-2/h6-7H,3-5H2,1-2H3;2*1-2H3. The van der Waals surface area contributed by atoms with Gasteiger partial charge in [0.2, 0.25) is 0 Å². The Kier molecular flexibility index (Phi) is 7.76. The highest BCUT2D eigenvalue weighted by Crippen LogP contribution is 2.31. The Balaban J connectivity index is 0.000000442. The molecule has 1 atom stereocenters. The summed E-state index contributed by atoms with van der Waals surface area (Å²) in [5, 5.41) is 0. The van der Waals surface area contributed by atoms with Crippen molar-refractivity contribution < 1.29 is 0 Å². The maximum atomic E-state index is 2.37. The van der Waals surface area contributed by atoms with Gasteiger partial charge >= 0.3 is 0 Å². The molecule has 1 heteroatoms. The zero-order valence-corrected chi connectivity index (χ0v) is 12.0. The summed E-state index contributed by atoms with van der Waals surface area (Å²) < 4.78 is 0. The predicted octanol–water partition coefficient (Wildman–Crippen LogP) is 5.23. The van der Waals surface area contributed by atoms with Crippen molar-refractivity contribution in [1.29, 1.82) is 0 Å². The van der Waals surface area contributed by atoms with Gasteiger partial charge in [0.1, 0.15) is 0 Å². The van der Waals surface area contributed by atoms with E-state index in [0.717, 1.165) is 5.92 Å². The summed E-state index contributed by atoms with van der Waals surface area (Å²) in [6, 6.07) is 2.37. The molecule has 0 aromatic carbocycles. The van der Waals surface area contributed by atoms with Crippen molar-refractivity contribution in [1.82, 2.24) is 0 Å². The Morgan fingerprint density at radius 2 is 1.80 bits per heavy atom. The first kappa shape index (κ1) is 14.7. The summed E-state index contributed by atoms with van der Waals surface area (Å²) in [5.74, 6) is 0.913. The van der Waals surface area contributed by atoms with Gasteiger partial charge in [-0.15, -0.1) is 11.3 Å². The van der Waals surface area contributed by atoms with E-state index in [4.69, 9.17) is 0 Å². The molecule has 88 valence electrons. The van der Waals surface area contributed by atoms with Crippen LogP contribution in [0.2, 0.25) is 0 Å². The van der Waals surface area contributed by atoms with Gasteiger partial charge in [0.05, 0.1) is 0 Å². The molecule has 2 rings (SSSR count). The zero-order valence-electron chi connectivity index (χ0n) is 11.2. The van der Waals surface area contributed by atoms with Crippen LogP contribution in [-0.4, -0.2) is 0 Å². The first-order valence-electron chi connectivity index (χ1n) is 6.34. The Morgan fingerprint density at radius 1 is 1.20 bits per heavy atom. The lowest BCUT2D eigenvalue weighted by Crippen LogP contribution is -2.07. The topological polar surface area (TPSA) is 0 Å². The van der Waals surface area contributed by atoms with Gasteiger partial charge in [0.15, 0.2) is 0 Å². The number of aryl methyl sites for hydroxylation is 2. The second-order valence-electron chi connectivity index (χ2n) is 3.65. The van der Waals surface area contributed by atoms with Crippen LogP contribution in [0.5, 0.6) is 0 Å². The van der Waals surface area contributed by atoms with Crippen LogP contribution < -0.4 is 0 Å². The monoisotopic (exact) mass is 226 g/mol. The molecule has 0 fully saturated rings. The third kappa shape index (κ3) is 4.38. The molecule has 15 heavy (non-hydrogen) atoms. The minimum Gasteiger partial charge on any atom is -0.145 e. The van der Waals surface area contributed by atoms with Gasteiger partial charge < -0.3 is 0 Å². The number of fused-ring (bicyclic) bond motifs is 1. The van der Waals surface area contributed by atoms with Crippen LogP contribution >= 0.6 is 11.3 Å². The van der Waals surface area contributed by atoms with E-state index in [-0.39, 0.29) is 0 Å². The summed E-state index contributed by atoms with van der Waals surface area (Å²) in [6.07, 6.45) is 4.04. The third-order valence-corrected chi connectivity index (χ3v) is 3.60. The van der Waals surface area contributed by atoms with E-state index in [1.807, 2.05) is 39.0 Å². The first-order valence-corrected chi connectivity index (χ1v) is 7.15. The number of hydrogen-bond acceptors (Lipinski definition) is 1. The summed E-state index contributed by atoms with van der Waals surface area (Å²) >= 11 is 1.99. The van der Waals surface area contributed by atoms with E-state index < -0.39 is 0 Å². The van der Waals surface area contributed by atoms with Crippen molar-refractivity contribution in [3.8, 4) is 0 Å². The van der Waals surface area contributed by atoms with Crippen molar-refractivity contribution in [3.63, 3.8) is 0 Å². The second kappa shape index (κ2) is 7.92. The molecular weight excluding hydrogens is 200 g/mol. The minimum absolute atomic E-state index is 0.913. The molecule has 0 saturated carbocycles. The van der Waals surface area contributed by atoms with Crippen molar-refractivity contribution in [2.75, 3.05) is 0 Å². The molecule has 1 heterocycles. The fourth-order valence-corrected chi connectivity index (χ4v) is 2.94. The molecular formula is C14H26S. The van der Waals surface area contributed by atoms with Crippen molar-refractivity contribution in [2.24, 2.45) is 5.92 Å². The van der Waals surface area contributed by atoms with Gasteiger partial charge in [-0.05, 0) is 43.7 Å². The SMILES string of the molecule is CC.CC.Cc1cc2c(s1)CCC(C)C2. The van der Waals surface area contributed by atoms with Gasteiger partial charge in [-0.2, -0.15) is 0 Å². The van der Waals surface area contributed by atoms with Crippen LogP contribution in [0.15, 0.2) is 6.07 Å². The quantitative estimate of drug-likeness (QED) is 0.568. The van der Waals surface area contributed by atoms with E-state index in [9.17, 15) is 0 Å². The third-order valence-electron chi connectivity index (χ3n) is 2.45. The van der Waals surface area contributed by atoms with Crippen LogP contribution in [0.1, 0.15) is 56.4 Å². The average Bonchev–Trinajstić information content (AvgIpc) is 2.63. The van der Waals surface area contributed by atoms with Crippen LogP contribution in [0.4, 0.5) is 0 Å². The fraction of sp³-hybridized carbons (Fsp3) is 0.714. The predicted molar refractivity (Wildman–Crippen MR) is 72.9 cm³/mol. The highest BCUT2D eigenvalue weighted by molar-refractivity contribution is 7.12. The molecule has 0 N–H and O–H groups in total. The molecule has 0 saturated heterocycles. The summed E-state index contributed by atoms with van der Waals surface area (Å²) in [4.78, 5) is 3.14. The molecule has 0 radical (unpaired) electrons. The van der Waals surface area contributed by atoms with Gasteiger partial charge in [-0.25, -0.2) is 0 Å². The largest absolute Gasteiger partial charge is 0.145 e. The van der Waals surface area contributed by atoms with Gasteiger partial charge in [0.25, 0.3) is 0 Å². The van der Waals surface area contributed by atoms with Gasteiger partial charge in [0, 0.05) is 9.75 Å². The molecule has 0 amide bonds. The van der Waals surface area contributed by atoms with Crippen LogP contribution in [0.3, 0.4) is 0 Å². The summed E-state index contributed by atoms with van der Waals surface area (Å²) in [5.41, 5.74) is 1.63. The Labute approximate surface area is 99.7 Å². The smallest absolute Gasteiger partial charge is 0.00802 e. The Hall–Kier alpha value is -0.300. The molecule has 0 spiro atoms. The lowest BCUT2D eigenvalue weighted by Gasteiger charge is -2.17. The van der Waals surface area contributed by atoms with Gasteiger partial charge in [-0.1, -0.05) is 34.6 Å². The molecule has 0 nitrogen and oxygen atoms in total. The molecule has 1 unspecified atom stereocenters. The van der Waals surface area contributed by atoms with E-state index in [2.05, 4.69) is 19.9 Å². The van der Waals surface area contributed by atoms with Crippen molar-refractivity contribution >= 4 is 11.3 Å². The number of hydrogen-bond donors (Lipinski definition) is 0. The highest BCUT2D eigenvalue weighted by atomic mass is 32.1. The van der Waals surface area contributed by atoms with E-state index >= 15 is 0 Å². The van der Waals surface area contributed by atoms with Crippen molar-refractivity contribution in [3.05, 3.63) is 21.4 Å². The molecule has 1 aromatic heterocycles. The average molecular weight is 226 g/mol. The molecule has 1 aliphatic carbocycles. The second-order valence-corrected chi connectivity index (χ2v) is 4.99. The van der Waals surface area contributed by atoms with Crippen LogP contribution in [0, 0.1) is 12.8 Å². The normalized spacial score (nSPS) is 17.9. The Bertz CT molecular complexity index is 260. The molecule has 0 bridgehead atoms. The molecule has 0 aliphatic heterocycles. The fourth-order valence-electron chi connectivity index (χ4n) is 1.85. The number of rotatable bonds is 0. The van der Waals surface area contributed by atoms with E-state index in [0.29, 0.717) is 0 Å². The summed E-state index contributed by atoms with van der Waals surface area (Å²) in [6.45, 7) is 12.6. The maximum absolute atomic E-state index is 2.37.